The summed E-state index contributed by atoms with van der Waals surface area (Å²) in [5, 5.41) is 2.88. The van der Waals surface area contributed by atoms with Crippen LogP contribution in [0.25, 0.3) is 0 Å². The van der Waals surface area contributed by atoms with Gasteiger partial charge in [0.25, 0.3) is 0 Å². The Bertz CT molecular complexity index is 838. The van der Waals surface area contributed by atoms with Crippen molar-refractivity contribution < 1.29 is 13.2 Å². The van der Waals surface area contributed by atoms with Crippen molar-refractivity contribution >= 4 is 28.3 Å². The number of hydrogen-bond donors (Lipinski definition) is 3. The zero-order valence-corrected chi connectivity index (χ0v) is 16.5. The summed E-state index contributed by atoms with van der Waals surface area (Å²) in [5.41, 5.74) is 6.55. The number of hydrogen-bond acceptors (Lipinski definition) is 4. The summed E-state index contributed by atoms with van der Waals surface area (Å²) in [5.74, 6) is -0.307. The fourth-order valence-electron chi connectivity index (χ4n) is 2.40. The highest BCUT2D eigenvalue weighted by atomic mass is 35.5. The summed E-state index contributed by atoms with van der Waals surface area (Å²) in [6.45, 7) is 3.48. The quantitative estimate of drug-likeness (QED) is 0.694. The van der Waals surface area contributed by atoms with Gasteiger partial charge in [-0.3, -0.25) is 4.79 Å². The number of amides is 1. The van der Waals surface area contributed by atoms with Gasteiger partial charge >= 0.3 is 0 Å². The van der Waals surface area contributed by atoms with E-state index in [1.807, 2.05) is 37.3 Å². The third-order valence-corrected chi connectivity index (χ3v) is 5.58. The van der Waals surface area contributed by atoms with E-state index in [1.165, 1.54) is 19.2 Å². The van der Waals surface area contributed by atoms with Gasteiger partial charge in [0.2, 0.25) is 15.9 Å². The lowest BCUT2D eigenvalue weighted by Gasteiger charge is -2.26. The van der Waals surface area contributed by atoms with Crippen LogP contribution in [0.1, 0.15) is 31.0 Å². The van der Waals surface area contributed by atoms with Crippen molar-refractivity contribution in [2.24, 2.45) is 5.73 Å². The average molecular weight is 398 g/mol. The number of benzene rings is 2. The number of rotatable bonds is 6. The van der Waals surface area contributed by atoms with Gasteiger partial charge in [-0.05, 0) is 44.2 Å². The van der Waals surface area contributed by atoms with Crippen molar-refractivity contribution in [3.05, 3.63) is 65.7 Å². The van der Waals surface area contributed by atoms with Crippen LogP contribution in [0.2, 0.25) is 0 Å². The van der Waals surface area contributed by atoms with Gasteiger partial charge in [-0.15, -0.1) is 12.4 Å². The predicted octanol–water partition coefficient (Wildman–Crippen LogP) is 2.07. The number of halogens is 1. The van der Waals surface area contributed by atoms with Crippen LogP contribution in [0.5, 0.6) is 0 Å². The molecule has 0 fully saturated rings. The van der Waals surface area contributed by atoms with Gasteiger partial charge in [0.1, 0.15) is 5.54 Å². The Morgan fingerprint density at radius 1 is 1.08 bits per heavy atom. The molecular weight excluding hydrogens is 374 g/mol. The second kappa shape index (κ2) is 8.64. The van der Waals surface area contributed by atoms with Crippen molar-refractivity contribution in [1.29, 1.82) is 0 Å². The van der Waals surface area contributed by atoms with E-state index in [4.69, 9.17) is 5.73 Å². The highest BCUT2D eigenvalue weighted by Gasteiger charge is 2.31. The van der Waals surface area contributed by atoms with Crippen LogP contribution in [-0.4, -0.2) is 21.4 Å². The Kier molecular flexibility index (Phi) is 7.35. The third-order valence-electron chi connectivity index (χ3n) is 4.15. The molecule has 0 radical (unpaired) electrons. The molecule has 8 heteroatoms. The molecule has 0 aliphatic rings. The fraction of sp³-hybridized carbons (Fsp3) is 0.278. The molecule has 0 saturated carbocycles. The number of nitrogens with one attached hydrogen (secondary N) is 2. The van der Waals surface area contributed by atoms with E-state index in [1.54, 1.807) is 19.1 Å². The van der Waals surface area contributed by atoms with Crippen LogP contribution in [-0.2, 0) is 20.4 Å². The average Bonchev–Trinajstić information content (AvgIpc) is 2.62. The Hall–Kier alpha value is -1.93. The van der Waals surface area contributed by atoms with E-state index in [2.05, 4.69) is 10.0 Å². The number of carbonyl (C=O) groups is 1. The lowest BCUT2D eigenvalue weighted by Crippen LogP contribution is -2.49. The van der Waals surface area contributed by atoms with Crippen molar-refractivity contribution in [2.45, 2.75) is 30.3 Å². The van der Waals surface area contributed by atoms with E-state index in [0.717, 1.165) is 11.1 Å². The van der Waals surface area contributed by atoms with E-state index in [9.17, 15) is 13.2 Å². The Morgan fingerprint density at radius 2 is 1.62 bits per heavy atom. The topological polar surface area (TPSA) is 101 Å². The Balaban J connectivity index is 0.00000338. The first kappa shape index (κ1) is 22.1. The molecule has 0 aliphatic heterocycles. The molecule has 0 spiro atoms. The van der Waals surface area contributed by atoms with Crippen LogP contribution in [0.4, 0.5) is 0 Å². The fourth-order valence-corrected chi connectivity index (χ4v) is 3.13. The van der Waals surface area contributed by atoms with Gasteiger partial charge < -0.3 is 11.1 Å². The maximum absolute atomic E-state index is 12.6. The van der Waals surface area contributed by atoms with Crippen molar-refractivity contribution in [2.75, 3.05) is 7.05 Å². The second-order valence-electron chi connectivity index (χ2n) is 6.04. The standard InChI is InChI=1S/C18H23N3O3S.ClH/c1-13(14-9-11-16(12-10-14)25(23,24)20-3)21-17(22)18(2,19)15-7-5-4-6-8-15;/h4-13,20H,19H2,1-3H3,(H,21,22);1H. The predicted molar refractivity (Wildman–Crippen MR) is 104 cm³/mol. The van der Waals surface area contributed by atoms with Crippen LogP contribution in [0, 0.1) is 0 Å². The lowest BCUT2D eigenvalue weighted by atomic mass is 9.91. The number of carbonyl (C=O) groups excluding carboxylic acids is 1. The van der Waals surface area contributed by atoms with Crippen LogP contribution < -0.4 is 15.8 Å². The van der Waals surface area contributed by atoms with Gasteiger partial charge in [-0.1, -0.05) is 42.5 Å². The van der Waals surface area contributed by atoms with E-state index in [-0.39, 0.29) is 29.3 Å². The minimum atomic E-state index is -3.48. The van der Waals surface area contributed by atoms with Gasteiger partial charge in [0, 0.05) is 0 Å². The highest BCUT2D eigenvalue weighted by molar-refractivity contribution is 7.89. The molecule has 142 valence electrons. The molecule has 0 aliphatic carbocycles. The highest BCUT2D eigenvalue weighted by Crippen LogP contribution is 2.21. The molecule has 0 bridgehead atoms. The largest absolute Gasteiger partial charge is 0.348 e. The van der Waals surface area contributed by atoms with Crippen molar-refractivity contribution in [1.82, 2.24) is 10.0 Å². The van der Waals surface area contributed by atoms with Gasteiger partial charge in [0.05, 0.1) is 10.9 Å². The maximum Gasteiger partial charge on any atom is 0.244 e. The second-order valence-corrected chi connectivity index (χ2v) is 7.93. The molecule has 4 N–H and O–H groups in total. The van der Waals surface area contributed by atoms with E-state index in [0.29, 0.717) is 0 Å². The molecule has 26 heavy (non-hydrogen) atoms. The summed E-state index contributed by atoms with van der Waals surface area (Å²) in [7, 11) is -2.12. The van der Waals surface area contributed by atoms with Gasteiger partial charge in [-0.2, -0.15) is 0 Å². The zero-order chi connectivity index (χ0) is 18.7. The molecular formula is C18H24ClN3O3S. The van der Waals surface area contributed by atoms with Crippen LogP contribution >= 0.6 is 12.4 Å². The molecule has 2 aromatic rings. The van der Waals surface area contributed by atoms with Crippen LogP contribution in [0.15, 0.2) is 59.5 Å². The number of sulfonamides is 1. The van der Waals surface area contributed by atoms with E-state index >= 15 is 0 Å². The molecule has 2 atom stereocenters. The third kappa shape index (κ3) is 4.82. The van der Waals surface area contributed by atoms with Crippen LogP contribution in [0.3, 0.4) is 0 Å². The molecule has 2 aromatic carbocycles. The first-order valence-electron chi connectivity index (χ1n) is 7.87. The smallest absolute Gasteiger partial charge is 0.244 e. The van der Waals surface area contributed by atoms with Gasteiger partial charge in [-0.25, -0.2) is 13.1 Å². The normalized spacial score (nSPS) is 14.6. The summed E-state index contributed by atoms with van der Waals surface area (Å²) in [4.78, 5) is 12.8. The summed E-state index contributed by atoms with van der Waals surface area (Å²) in [6, 6.07) is 15.2. The minimum absolute atomic E-state index is 0. The maximum atomic E-state index is 12.6. The zero-order valence-electron chi connectivity index (χ0n) is 14.9. The molecule has 2 unspecified atom stereocenters. The molecule has 6 nitrogen and oxygen atoms in total. The summed E-state index contributed by atoms with van der Waals surface area (Å²) < 4.78 is 25.8. The Labute approximate surface area is 160 Å². The summed E-state index contributed by atoms with van der Waals surface area (Å²) >= 11 is 0. The number of nitrogens with two attached hydrogens (primary N) is 1. The molecule has 0 saturated heterocycles. The molecule has 1 amide bonds. The summed E-state index contributed by atoms with van der Waals surface area (Å²) in [6.07, 6.45) is 0. The Morgan fingerprint density at radius 3 is 2.12 bits per heavy atom. The van der Waals surface area contributed by atoms with Crippen molar-refractivity contribution in [3.8, 4) is 0 Å². The molecule has 2 rings (SSSR count). The van der Waals surface area contributed by atoms with Gasteiger partial charge in [0.15, 0.2) is 0 Å². The molecule has 0 aromatic heterocycles. The minimum Gasteiger partial charge on any atom is -0.348 e. The lowest BCUT2D eigenvalue weighted by molar-refractivity contribution is -0.126. The monoisotopic (exact) mass is 397 g/mol. The van der Waals surface area contributed by atoms with Crippen molar-refractivity contribution in [3.63, 3.8) is 0 Å². The SMILES string of the molecule is CNS(=O)(=O)c1ccc(C(C)NC(=O)C(C)(N)c2ccccc2)cc1.Cl. The van der Waals surface area contributed by atoms with E-state index < -0.39 is 15.6 Å². The first-order valence-corrected chi connectivity index (χ1v) is 9.35. The first-order chi connectivity index (χ1) is 11.7. The molecule has 0 heterocycles.